The number of amides is 1. The van der Waals surface area contributed by atoms with E-state index >= 15 is 0 Å². The minimum absolute atomic E-state index is 0.0482. The van der Waals surface area contributed by atoms with Crippen molar-refractivity contribution < 1.29 is 9.53 Å². The maximum absolute atomic E-state index is 11.9. The molecule has 0 bridgehead atoms. The summed E-state index contributed by atoms with van der Waals surface area (Å²) in [5, 5.41) is 6.47. The Balaban J connectivity index is 1.74. The van der Waals surface area contributed by atoms with Crippen LogP contribution in [0.5, 0.6) is 0 Å². The summed E-state index contributed by atoms with van der Waals surface area (Å²) in [6.07, 6.45) is 5.25. The monoisotopic (exact) mass is 226 g/mol. The first-order chi connectivity index (χ1) is 7.68. The molecule has 16 heavy (non-hydrogen) atoms. The van der Waals surface area contributed by atoms with Crippen molar-refractivity contribution in [2.45, 2.75) is 50.6 Å². The van der Waals surface area contributed by atoms with Gasteiger partial charge in [0.2, 0.25) is 5.91 Å². The molecular weight excluding hydrogens is 204 g/mol. The maximum Gasteiger partial charge on any atom is 0.222 e. The van der Waals surface area contributed by atoms with Crippen LogP contribution >= 0.6 is 0 Å². The topological polar surface area (TPSA) is 50.4 Å². The van der Waals surface area contributed by atoms with Crippen LogP contribution in [0.1, 0.15) is 39.0 Å². The van der Waals surface area contributed by atoms with Gasteiger partial charge in [-0.05, 0) is 19.8 Å². The van der Waals surface area contributed by atoms with Crippen LogP contribution < -0.4 is 10.6 Å². The summed E-state index contributed by atoms with van der Waals surface area (Å²) in [7, 11) is 0. The second-order valence-corrected chi connectivity index (χ2v) is 5.25. The van der Waals surface area contributed by atoms with Crippen LogP contribution in [-0.4, -0.2) is 37.2 Å². The summed E-state index contributed by atoms with van der Waals surface area (Å²) in [6.45, 7) is 4.43. The number of hydrogen-bond acceptors (Lipinski definition) is 3. The first kappa shape index (κ1) is 11.9. The first-order valence-corrected chi connectivity index (χ1v) is 6.30. The van der Waals surface area contributed by atoms with E-state index in [1.807, 2.05) is 0 Å². The maximum atomic E-state index is 11.9. The van der Waals surface area contributed by atoms with E-state index in [4.69, 9.17) is 4.74 Å². The van der Waals surface area contributed by atoms with Gasteiger partial charge < -0.3 is 15.4 Å². The summed E-state index contributed by atoms with van der Waals surface area (Å²) in [4.78, 5) is 11.9. The lowest BCUT2D eigenvalue weighted by Crippen LogP contribution is -2.48. The van der Waals surface area contributed by atoms with Crippen LogP contribution in [0.3, 0.4) is 0 Å². The second-order valence-electron chi connectivity index (χ2n) is 5.25. The third-order valence-electron chi connectivity index (χ3n) is 3.58. The summed E-state index contributed by atoms with van der Waals surface area (Å²) >= 11 is 0. The van der Waals surface area contributed by atoms with Gasteiger partial charge in [-0.15, -0.1) is 0 Å². The molecule has 1 saturated carbocycles. The fraction of sp³-hybridized carbons (Fsp3) is 0.917. The van der Waals surface area contributed by atoms with Gasteiger partial charge in [0.25, 0.3) is 0 Å². The van der Waals surface area contributed by atoms with E-state index in [1.54, 1.807) is 0 Å². The molecule has 92 valence electrons. The molecule has 0 radical (unpaired) electrons. The van der Waals surface area contributed by atoms with Gasteiger partial charge in [0, 0.05) is 24.5 Å². The highest BCUT2D eigenvalue weighted by Gasteiger charge is 2.30. The second kappa shape index (κ2) is 5.15. The van der Waals surface area contributed by atoms with Gasteiger partial charge in [-0.3, -0.25) is 4.79 Å². The van der Waals surface area contributed by atoms with E-state index in [9.17, 15) is 4.79 Å². The van der Waals surface area contributed by atoms with Crippen molar-refractivity contribution in [3.05, 3.63) is 0 Å². The standard InChI is InChI=1S/C12H22N2O2/c1-12(4-2-3-5-12)14-11(15)8-10-9-16-7-6-13-10/h10,13H,2-9H2,1H3,(H,14,15). The minimum Gasteiger partial charge on any atom is -0.378 e. The Hall–Kier alpha value is -0.610. The van der Waals surface area contributed by atoms with Crippen LogP contribution in [-0.2, 0) is 9.53 Å². The highest BCUT2D eigenvalue weighted by Crippen LogP contribution is 2.28. The van der Waals surface area contributed by atoms with Crippen LogP contribution in [0, 0.1) is 0 Å². The van der Waals surface area contributed by atoms with Crippen LogP contribution in [0.15, 0.2) is 0 Å². The molecule has 0 aromatic carbocycles. The minimum atomic E-state index is 0.0482. The Morgan fingerprint density at radius 1 is 1.50 bits per heavy atom. The summed E-state index contributed by atoms with van der Waals surface area (Å²) in [5.41, 5.74) is 0.0482. The van der Waals surface area contributed by atoms with Crippen LogP contribution in [0.2, 0.25) is 0 Å². The van der Waals surface area contributed by atoms with Gasteiger partial charge in [-0.2, -0.15) is 0 Å². The van der Waals surface area contributed by atoms with E-state index in [1.165, 1.54) is 12.8 Å². The Morgan fingerprint density at radius 2 is 2.25 bits per heavy atom. The Labute approximate surface area is 97.1 Å². The van der Waals surface area contributed by atoms with E-state index in [0.717, 1.165) is 26.0 Å². The van der Waals surface area contributed by atoms with Crippen molar-refractivity contribution in [2.75, 3.05) is 19.8 Å². The highest BCUT2D eigenvalue weighted by atomic mass is 16.5. The first-order valence-electron chi connectivity index (χ1n) is 6.30. The molecule has 2 aliphatic rings. The fourth-order valence-electron chi connectivity index (χ4n) is 2.64. The summed E-state index contributed by atoms with van der Waals surface area (Å²) in [5.74, 6) is 0.160. The average Bonchev–Trinajstić information content (AvgIpc) is 2.66. The molecule has 0 aromatic heterocycles. The van der Waals surface area contributed by atoms with Crippen molar-refractivity contribution in [2.24, 2.45) is 0 Å². The summed E-state index contributed by atoms with van der Waals surface area (Å²) in [6, 6.07) is 0.193. The molecule has 0 spiro atoms. The zero-order chi connectivity index (χ0) is 11.4. The van der Waals surface area contributed by atoms with Crippen LogP contribution in [0.25, 0.3) is 0 Å². The van der Waals surface area contributed by atoms with Gasteiger partial charge in [0.1, 0.15) is 0 Å². The van der Waals surface area contributed by atoms with Crippen molar-refractivity contribution in [3.8, 4) is 0 Å². The lowest BCUT2D eigenvalue weighted by Gasteiger charge is -2.28. The molecule has 1 saturated heterocycles. The number of ether oxygens (including phenoxy) is 1. The lowest BCUT2D eigenvalue weighted by atomic mass is 10.00. The van der Waals surface area contributed by atoms with Crippen LogP contribution in [0.4, 0.5) is 0 Å². The van der Waals surface area contributed by atoms with E-state index in [0.29, 0.717) is 13.0 Å². The predicted molar refractivity (Wildman–Crippen MR) is 62.2 cm³/mol. The SMILES string of the molecule is CC1(NC(=O)CC2COCCN2)CCCC1. The van der Waals surface area contributed by atoms with E-state index < -0.39 is 0 Å². The Kier molecular flexibility index (Phi) is 3.82. The quantitative estimate of drug-likeness (QED) is 0.749. The van der Waals surface area contributed by atoms with Gasteiger partial charge in [-0.1, -0.05) is 12.8 Å². The molecule has 2 fully saturated rings. The lowest BCUT2D eigenvalue weighted by molar-refractivity contribution is -0.124. The third kappa shape index (κ3) is 3.19. The smallest absolute Gasteiger partial charge is 0.222 e. The normalized spacial score (nSPS) is 28.9. The van der Waals surface area contributed by atoms with Gasteiger partial charge in [0.15, 0.2) is 0 Å². The number of hydrogen-bond donors (Lipinski definition) is 2. The molecule has 1 heterocycles. The molecule has 2 N–H and O–H groups in total. The molecule has 1 aliphatic heterocycles. The number of rotatable bonds is 3. The Morgan fingerprint density at radius 3 is 2.88 bits per heavy atom. The molecule has 1 atom stereocenters. The molecule has 1 aliphatic carbocycles. The van der Waals surface area contributed by atoms with Crippen molar-refractivity contribution in [1.29, 1.82) is 0 Å². The van der Waals surface area contributed by atoms with Gasteiger partial charge in [-0.25, -0.2) is 0 Å². The summed E-state index contributed by atoms with van der Waals surface area (Å²) < 4.78 is 5.34. The molecule has 4 heteroatoms. The Bertz CT molecular complexity index is 243. The van der Waals surface area contributed by atoms with Crippen molar-refractivity contribution >= 4 is 5.91 Å². The fourth-order valence-corrected chi connectivity index (χ4v) is 2.64. The number of carbonyl (C=O) groups is 1. The van der Waals surface area contributed by atoms with Gasteiger partial charge >= 0.3 is 0 Å². The van der Waals surface area contributed by atoms with Crippen molar-refractivity contribution in [3.63, 3.8) is 0 Å². The molecule has 4 nitrogen and oxygen atoms in total. The molecule has 2 rings (SSSR count). The number of morpholine rings is 1. The highest BCUT2D eigenvalue weighted by molar-refractivity contribution is 5.77. The molecule has 1 amide bonds. The zero-order valence-electron chi connectivity index (χ0n) is 10.1. The average molecular weight is 226 g/mol. The number of nitrogens with one attached hydrogen (secondary N) is 2. The molecular formula is C12H22N2O2. The number of carbonyl (C=O) groups excluding carboxylic acids is 1. The predicted octanol–water partition coefficient (Wildman–Crippen LogP) is 0.814. The van der Waals surface area contributed by atoms with E-state index in [2.05, 4.69) is 17.6 Å². The molecule has 1 unspecified atom stereocenters. The van der Waals surface area contributed by atoms with Crippen molar-refractivity contribution in [1.82, 2.24) is 10.6 Å². The van der Waals surface area contributed by atoms with E-state index in [-0.39, 0.29) is 17.5 Å². The third-order valence-corrected chi connectivity index (χ3v) is 3.58. The molecule has 0 aromatic rings. The largest absolute Gasteiger partial charge is 0.378 e. The zero-order valence-corrected chi connectivity index (χ0v) is 10.1. The van der Waals surface area contributed by atoms with Gasteiger partial charge in [0.05, 0.1) is 13.2 Å².